The van der Waals surface area contributed by atoms with E-state index in [2.05, 4.69) is 65.8 Å². The molecule has 1 aromatic rings. The average molecular weight is 575 g/mol. The predicted molar refractivity (Wildman–Crippen MR) is 174 cm³/mol. The number of benzene rings is 1. The van der Waals surface area contributed by atoms with Crippen LogP contribution < -0.4 is 0 Å². The molecule has 0 aliphatic carbocycles. The van der Waals surface area contributed by atoms with Crippen molar-refractivity contribution in [1.82, 2.24) is 0 Å². The molecule has 5 heteroatoms. The van der Waals surface area contributed by atoms with Crippen LogP contribution in [0.3, 0.4) is 0 Å². The Kier molecular flexibility index (Phi) is 20.2. The minimum Gasteiger partial charge on any atom is -0.478 e. The fourth-order valence-corrected chi connectivity index (χ4v) is 4.60. The molecule has 0 fully saturated rings. The highest BCUT2D eigenvalue weighted by Crippen LogP contribution is 2.32. The van der Waals surface area contributed by atoms with Gasteiger partial charge in [-0.2, -0.15) is 0 Å². The van der Waals surface area contributed by atoms with E-state index in [1.165, 1.54) is 89.9 Å². The van der Waals surface area contributed by atoms with Crippen molar-refractivity contribution in [2.45, 2.75) is 162 Å². The first-order valence-corrected chi connectivity index (χ1v) is 16.1. The highest BCUT2D eigenvalue weighted by Gasteiger charge is 2.22. The molecule has 0 saturated heterocycles. The Labute approximate surface area is 252 Å². The van der Waals surface area contributed by atoms with Gasteiger partial charge < -0.3 is 14.9 Å². The lowest BCUT2D eigenvalue weighted by molar-refractivity contribution is -0.130. The summed E-state index contributed by atoms with van der Waals surface area (Å²) in [4.78, 5) is 21.3. The third-order valence-electron chi connectivity index (χ3n) is 7.50. The molecule has 0 unspecified atom stereocenters. The Hall–Kier alpha value is -2.30. The summed E-state index contributed by atoms with van der Waals surface area (Å²) in [6.45, 7) is 19.1. The lowest BCUT2D eigenvalue weighted by atomic mass is 9.79. The normalized spacial score (nSPS) is 11.5. The van der Waals surface area contributed by atoms with Crippen molar-refractivity contribution in [2.24, 2.45) is 0 Å². The van der Waals surface area contributed by atoms with E-state index >= 15 is 0 Å². The summed E-state index contributed by atoms with van der Waals surface area (Å²) in [6.07, 6.45) is 20.1. The van der Waals surface area contributed by atoms with Crippen LogP contribution in [0.1, 0.15) is 168 Å². The van der Waals surface area contributed by atoms with Crippen LogP contribution in [-0.4, -0.2) is 28.9 Å². The molecule has 0 aliphatic heterocycles. The molecule has 5 nitrogen and oxygen atoms in total. The number of unbranched alkanes of at least 4 members (excludes halogenated alkanes) is 15. The summed E-state index contributed by atoms with van der Waals surface area (Å²) in [7, 11) is 0. The van der Waals surface area contributed by atoms with Gasteiger partial charge in [0.15, 0.2) is 0 Å². The SMILES string of the molecule is C=C(C(=O)O)c1cc(C(C)(C)C)cc(C(C)(C)C)c1.CCCCCCCCCCCCCCCCCCOC(=O)O. The maximum Gasteiger partial charge on any atom is 0.505 e. The first-order valence-electron chi connectivity index (χ1n) is 16.1. The van der Waals surface area contributed by atoms with Crippen molar-refractivity contribution in [1.29, 1.82) is 0 Å². The molecule has 41 heavy (non-hydrogen) atoms. The van der Waals surface area contributed by atoms with Gasteiger partial charge in [0.25, 0.3) is 0 Å². The van der Waals surface area contributed by atoms with E-state index in [1.807, 2.05) is 12.1 Å². The standard InChI is InChI=1S/C19H38O3.C17H24O2/c1-2-3-4-5-6-7-8-9-10-11-12-13-14-15-16-17-18-22-19(20)21;1-11(15(18)19)12-8-13(16(2,3)4)10-14(9-12)17(5,6)7/h2-18H2,1H3,(H,20,21);8-10H,1H2,2-7H3,(H,18,19). The van der Waals surface area contributed by atoms with Gasteiger partial charge in [-0.05, 0) is 33.9 Å². The molecule has 0 amide bonds. The van der Waals surface area contributed by atoms with Gasteiger partial charge in [-0.3, -0.25) is 0 Å². The summed E-state index contributed by atoms with van der Waals surface area (Å²) in [5.74, 6) is -0.967. The van der Waals surface area contributed by atoms with Crippen molar-refractivity contribution in [3.8, 4) is 0 Å². The van der Waals surface area contributed by atoms with Crippen molar-refractivity contribution in [2.75, 3.05) is 6.61 Å². The first kappa shape index (κ1) is 38.7. The molecule has 0 heterocycles. The van der Waals surface area contributed by atoms with Crippen LogP contribution in [0.2, 0.25) is 0 Å². The predicted octanol–water partition coefficient (Wildman–Crippen LogP) is 11.3. The zero-order chi connectivity index (χ0) is 31.3. The van der Waals surface area contributed by atoms with E-state index in [-0.39, 0.29) is 16.4 Å². The molecule has 236 valence electrons. The molecule has 2 N–H and O–H groups in total. The van der Waals surface area contributed by atoms with Gasteiger partial charge in [-0.25, -0.2) is 9.59 Å². The quantitative estimate of drug-likeness (QED) is 0.0975. The molecular formula is C36H62O5. The maximum absolute atomic E-state index is 11.1. The first-order chi connectivity index (χ1) is 19.2. The molecule has 0 spiro atoms. The third kappa shape index (κ3) is 20.3. The van der Waals surface area contributed by atoms with E-state index in [0.29, 0.717) is 12.2 Å². The van der Waals surface area contributed by atoms with E-state index in [9.17, 15) is 9.59 Å². The molecule has 0 aliphatic rings. The Balaban J connectivity index is 0.000000788. The molecular weight excluding hydrogens is 512 g/mol. The van der Waals surface area contributed by atoms with E-state index in [0.717, 1.165) is 24.0 Å². The number of carbonyl (C=O) groups is 2. The number of carboxylic acid groups (broad SMARTS) is 2. The number of carboxylic acids is 1. The molecule has 0 bridgehead atoms. The topological polar surface area (TPSA) is 83.8 Å². The number of ether oxygens (including phenoxy) is 1. The second kappa shape index (κ2) is 21.4. The van der Waals surface area contributed by atoms with Crippen LogP contribution in [0.15, 0.2) is 24.8 Å². The van der Waals surface area contributed by atoms with Gasteiger partial charge in [0.05, 0.1) is 12.2 Å². The second-order valence-corrected chi connectivity index (χ2v) is 13.5. The Morgan fingerprint density at radius 3 is 1.27 bits per heavy atom. The average Bonchev–Trinajstić information content (AvgIpc) is 2.89. The van der Waals surface area contributed by atoms with Crippen LogP contribution in [0.4, 0.5) is 4.79 Å². The lowest BCUT2D eigenvalue weighted by Crippen LogP contribution is -2.17. The summed E-state index contributed by atoms with van der Waals surface area (Å²) in [5.41, 5.74) is 3.08. The Morgan fingerprint density at radius 2 is 0.976 bits per heavy atom. The van der Waals surface area contributed by atoms with Crippen LogP contribution >= 0.6 is 0 Å². The molecule has 0 aromatic heterocycles. The molecule has 1 rings (SSSR count). The highest BCUT2D eigenvalue weighted by atomic mass is 16.7. The minimum absolute atomic E-state index is 0.0191. The molecule has 0 atom stereocenters. The Morgan fingerprint density at radius 1 is 0.634 bits per heavy atom. The summed E-state index contributed by atoms with van der Waals surface area (Å²) in [6, 6.07) is 6.04. The molecule has 1 aromatic carbocycles. The van der Waals surface area contributed by atoms with Crippen molar-refractivity contribution in [3.05, 3.63) is 41.5 Å². The number of hydrogen-bond acceptors (Lipinski definition) is 3. The monoisotopic (exact) mass is 574 g/mol. The molecule has 0 saturated carbocycles. The second-order valence-electron chi connectivity index (χ2n) is 13.5. The molecule has 0 radical (unpaired) electrons. The van der Waals surface area contributed by atoms with Crippen molar-refractivity contribution < 1.29 is 24.5 Å². The fraction of sp³-hybridized carbons (Fsp3) is 0.722. The van der Waals surface area contributed by atoms with Crippen LogP contribution in [-0.2, 0) is 20.4 Å². The van der Waals surface area contributed by atoms with Gasteiger partial charge in [0.1, 0.15) is 0 Å². The summed E-state index contributed by atoms with van der Waals surface area (Å²) >= 11 is 0. The Bertz CT molecular complexity index is 841. The largest absolute Gasteiger partial charge is 0.505 e. The van der Waals surface area contributed by atoms with Crippen LogP contribution in [0, 0.1) is 0 Å². The zero-order valence-electron chi connectivity index (χ0n) is 27.6. The lowest BCUT2D eigenvalue weighted by Gasteiger charge is -2.26. The summed E-state index contributed by atoms with van der Waals surface area (Å²) < 4.78 is 4.48. The van der Waals surface area contributed by atoms with Crippen LogP contribution in [0.5, 0.6) is 0 Å². The van der Waals surface area contributed by atoms with Gasteiger partial charge in [0, 0.05) is 0 Å². The maximum atomic E-state index is 11.1. The van der Waals surface area contributed by atoms with Gasteiger partial charge in [-0.1, -0.05) is 170 Å². The van der Waals surface area contributed by atoms with Crippen molar-refractivity contribution >= 4 is 17.7 Å². The number of hydrogen-bond donors (Lipinski definition) is 2. The van der Waals surface area contributed by atoms with Gasteiger partial charge >= 0.3 is 12.1 Å². The van der Waals surface area contributed by atoms with Crippen molar-refractivity contribution in [3.63, 3.8) is 0 Å². The van der Waals surface area contributed by atoms with Gasteiger partial charge in [-0.15, -0.1) is 0 Å². The zero-order valence-corrected chi connectivity index (χ0v) is 27.6. The number of rotatable bonds is 19. The number of aliphatic carboxylic acids is 1. The van der Waals surface area contributed by atoms with E-state index < -0.39 is 12.1 Å². The highest BCUT2D eigenvalue weighted by molar-refractivity contribution is 6.14. The van der Waals surface area contributed by atoms with E-state index in [1.54, 1.807) is 0 Å². The van der Waals surface area contributed by atoms with Gasteiger partial charge in [0.2, 0.25) is 0 Å². The van der Waals surface area contributed by atoms with Crippen LogP contribution in [0.25, 0.3) is 5.57 Å². The smallest absolute Gasteiger partial charge is 0.478 e. The fourth-order valence-electron chi connectivity index (χ4n) is 4.60. The summed E-state index contributed by atoms with van der Waals surface area (Å²) in [5, 5.41) is 17.4. The third-order valence-corrected chi connectivity index (χ3v) is 7.50. The minimum atomic E-state index is -1.15. The van der Waals surface area contributed by atoms with E-state index in [4.69, 9.17) is 10.2 Å².